The molecule has 0 aliphatic heterocycles. The Bertz CT molecular complexity index is 3510. The number of benzene rings is 9. The van der Waals surface area contributed by atoms with Crippen LogP contribution in [0.4, 0.5) is 0 Å². The third kappa shape index (κ3) is 4.96. The maximum absolute atomic E-state index is 2.48. The molecule has 0 bridgehead atoms. The topological polar surface area (TPSA) is 9.86 Å². The van der Waals surface area contributed by atoms with E-state index in [0.29, 0.717) is 0 Å². The van der Waals surface area contributed by atoms with E-state index in [1.54, 1.807) is 0 Å². The van der Waals surface area contributed by atoms with Crippen molar-refractivity contribution in [3.05, 3.63) is 206 Å². The van der Waals surface area contributed by atoms with Crippen molar-refractivity contribution < 1.29 is 0 Å². The summed E-state index contributed by atoms with van der Waals surface area (Å²) in [4.78, 5) is 0. The summed E-state index contributed by atoms with van der Waals surface area (Å²) in [6, 6.07) is 75.6. The Morgan fingerprint density at radius 1 is 0.281 bits per heavy atom. The van der Waals surface area contributed by atoms with Crippen LogP contribution in [0.5, 0.6) is 0 Å². The predicted molar refractivity (Wildman–Crippen MR) is 244 cm³/mol. The fraction of sp³-hybridized carbons (Fsp3) is 0. The van der Waals surface area contributed by atoms with Gasteiger partial charge < -0.3 is 9.13 Å². The molecular weight excluding hydrogens is 709 g/mol. The zero-order valence-electron chi connectivity index (χ0n) is 30.9. The lowest BCUT2D eigenvalue weighted by atomic mass is 9.93. The smallest absolute Gasteiger partial charge is 0.0541 e. The highest BCUT2D eigenvalue weighted by molar-refractivity contribution is 7.26. The number of aromatic nitrogens is 2. The van der Waals surface area contributed by atoms with E-state index in [2.05, 4.69) is 215 Å². The van der Waals surface area contributed by atoms with Crippen molar-refractivity contribution in [2.45, 2.75) is 0 Å². The lowest BCUT2D eigenvalue weighted by Crippen LogP contribution is -1.95. The van der Waals surface area contributed by atoms with E-state index in [1.807, 2.05) is 11.3 Å². The van der Waals surface area contributed by atoms with Crippen LogP contribution in [-0.4, -0.2) is 9.13 Å². The molecule has 0 saturated carbocycles. The van der Waals surface area contributed by atoms with E-state index >= 15 is 0 Å². The fourth-order valence-electron chi connectivity index (χ4n) is 9.17. The second kappa shape index (κ2) is 12.7. The Morgan fingerprint density at radius 2 is 0.789 bits per heavy atom. The third-order valence-electron chi connectivity index (χ3n) is 11.7. The summed E-state index contributed by atoms with van der Waals surface area (Å²) in [6.07, 6.45) is 0. The summed E-state index contributed by atoms with van der Waals surface area (Å²) < 4.78 is 7.48. The molecular formula is C54H34N2S. The van der Waals surface area contributed by atoms with Gasteiger partial charge in [0, 0.05) is 58.7 Å². The summed E-state index contributed by atoms with van der Waals surface area (Å²) >= 11 is 1.89. The highest BCUT2D eigenvalue weighted by Gasteiger charge is 2.20. The molecule has 2 nitrogen and oxygen atoms in total. The number of thiophene rings is 1. The Kier molecular flexibility index (Phi) is 7.13. The summed E-state index contributed by atoms with van der Waals surface area (Å²) in [5.41, 5.74) is 14.6. The number of hydrogen-bond acceptors (Lipinski definition) is 1. The predicted octanol–water partition coefficient (Wildman–Crippen LogP) is 15.2. The van der Waals surface area contributed by atoms with Crippen LogP contribution in [0.25, 0.3) is 109 Å². The van der Waals surface area contributed by atoms with E-state index in [1.165, 1.54) is 103 Å². The highest BCUT2D eigenvalue weighted by Crippen LogP contribution is 2.46. The molecule has 0 aliphatic rings. The minimum Gasteiger partial charge on any atom is -0.309 e. The molecule has 0 atom stereocenters. The third-order valence-corrected chi connectivity index (χ3v) is 12.9. The van der Waals surface area contributed by atoms with Crippen LogP contribution in [0, 0.1) is 0 Å². The molecule has 12 aromatic rings. The summed E-state index contributed by atoms with van der Waals surface area (Å²) in [7, 11) is 0. The number of nitrogens with zero attached hydrogens (tertiary/aromatic N) is 2. The van der Waals surface area contributed by atoms with Gasteiger partial charge >= 0.3 is 0 Å². The average Bonchev–Trinajstić information content (AvgIpc) is 3.94. The van der Waals surface area contributed by atoms with E-state index in [0.717, 1.165) is 5.69 Å². The second-order valence-corrected chi connectivity index (χ2v) is 15.9. The van der Waals surface area contributed by atoms with Crippen LogP contribution in [-0.2, 0) is 0 Å². The highest BCUT2D eigenvalue weighted by atomic mass is 32.1. The zero-order valence-corrected chi connectivity index (χ0v) is 31.7. The fourth-order valence-corrected chi connectivity index (χ4v) is 10.4. The van der Waals surface area contributed by atoms with Crippen molar-refractivity contribution in [3.63, 3.8) is 0 Å². The molecule has 57 heavy (non-hydrogen) atoms. The lowest BCUT2D eigenvalue weighted by Gasteiger charge is -2.15. The van der Waals surface area contributed by atoms with Crippen molar-refractivity contribution in [1.29, 1.82) is 0 Å². The Hall–Kier alpha value is -7.20. The maximum atomic E-state index is 2.48. The molecule has 12 rings (SSSR count). The lowest BCUT2D eigenvalue weighted by molar-refractivity contribution is 1.18. The number of rotatable bonds is 5. The van der Waals surface area contributed by atoms with E-state index in [9.17, 15) is 0 Å². The maximum Gasteiger partial charge on any atom is 0.0541 e. The van der Waals surface area contributed by atoms with Gasteiger partial charge in [-0.05, 0) is 94.5 Å². The van der Waals surface area contributed by atoms with Crippen molar-refractivity contribution in [2.24, 2.45) is 0 Å². The molecule has 9 aromatic carbocycles. The SMILES string of the molecule is c1ccc(-c2ccccc2-c2cc(-n3c4ccccc4c4cc(-c5ccc6c(c5)c5ccccc5n6-c5ccccc5)ccc43)cc3c2sc2ccccc23)cc1. The minimum atomic E-state index is 1.16. The van der Waals surface area contributed by atoms with Crippen molar-refractivity contribution in [1.82, 2.24) is 9.13 Å². The quantitative estimate of drug-likeness (QED) is 0.166. The van der Waals surface area contributed by atoms with E-state index in [-0.39, 0.29) is 0 Å². The summed E-state index contributed by atoms with van der Waals surface area (Å²) in [5, 5.41) is 7.60. The van der Waals surface area contributed by atoms with Crippen LogP contribution in [0.1, 0.15) is 0 Å². The van der Waals surface area contributed by atoms with Gasteiger partial charge in [0.1, 0.15) is 0 Å². The zero-order chi connectivity index (χ0) is 37.5. The molecule has 0 unspecified atom stereocenters. The molecule has 0 N–H and O–H groups in total. The van der Waals surface area contributed by atoms with Crippen LogP contribution in [0.2, 0.25) is 0 Å². The Labute approximate surface area is 333 Å². The first kappa shape index (κ1) is 32.1. The summed E-state index contributed by atoms with van der Waals surface area (Å²) in [6.45, 7) is 0. The first-order chi connectivity index (χ1) is 28.3. The van der Waals surface area contributed by atoms with E-state index < -0.39 is 0 Å². The van der Waals surface area contributed by atoms with Crippen molar-refractivity contribution in [3.8, 4) is 44.8 Å². The summed E-state index contributed by atoms with van der Waals surface area (Å²) in [5.74, 6) is 0. The van der Waals surface area contributed by atoms with Gasteiger partial charge in [-0.15, -0.1) is 11.3 Å². The molecule has 3 heteroatoms. The van der Waals surface area contributed by atoms with Gasteiger partial charge in [-0.2, -0.15) is 0 Å². The molecule has 3 aromatic heterocycles. The van der Waals surface area contributed by atoms with Crippen molar-refractivity contribution in [2.75, 3.05) is 0 Å². The number of para-hydroxylation sites is 3. The van der Waals surface area contributed by atoms with E-state index in [4.69, 9.17) is 0 Å². The largest absolute Gasteiger partial charge is 0.309 e. The van der Waals surface area contributed by atoms with Crippen LogP contribution >= 0.6 is 11.3 Å². The molecule has 0 fully saturated rings. The molecule has 266 valence electrons. The number of fused-ring (bicyclic) bond motifs is 9. The van der Waals surface area contributed by atoms with Gasteiger partial charge in [0.15, 0.2) is 0 Å². The molecule has 0 amide bonds. The molecule has 0 radical (unpaired) electrons. The number of hydrogen-bond donors (Lipinski definition) is 0. The van der Waals surface area contributed by atoms with Gasteiger partial charge in [0.25, 0.3) is 0 Å². The Morgan fingerprint density at radius 3 is 1.46 bits per heavy atom. The normalized spacial score (nSPS) is 11.9. The van der Waals surface area contributed by atoms with Gasteiger partial charge in [0.05, 0.1) is 22.1 Å². The molecule has 3 heterocycles. The minimum absolute atomic E-state index is 1.16. The average molecular weight is 743 g/mol. The standard InChI is InChI=1S/C54H34N2S/c1-3-15-35(16-4-1)40-19-7-8-20-41(40)47-33-39(34-48-44-23-11-14-26-53(44)57-54(47)48)56-50-25-13-10-22-43(50)46-32-37(28-30-52(46)56)36-27-29-51-45(31-36)42-21-9-12-24-49(42)55(51)38-17-5-2-6-18-38/h1-34H. The van der Waals surface area contributed by atoms with Gasteiger partial charge in [-0.1, -0.05) is 140 Å². The monoisotopic (exact) mass is 742 g/mol. The van der Waals surface area contributed by atoms with Crippen LogP contribution < -0.4 is 0 Å². The van der Waals surface area contributed by atoms with Gasteiger partial charge in [0.2, 0.25) is 0 Å². The second-order valence-electron chi connectivity index (χ2n) is 14.9. The Balaban J connectivity index is 1.08. The molecule has 0 saturated heterocycles. The molecule has 0 spiro atoms. The van der Waals surface area contributed by atoms with Crippen molar-refractivity contribution >= 4 is 75.1 Å². The first-order valence-corrected chi connectivity index (χ1v) is 20.3. The molecule has 0 aliphatic carbocycles. The van der Waals surface area contributed by atoms with Gasteiger partial charge in [-0.25, -0.2) is 0 Å². The van der Waals surface area contributed by atoms with Gasteiger partial charge in [-0.3, -0.25) is 0 Å². The van der Waals surface area contributed by atoms with Crippen LogP contribution in [0.3, 0.4) is 0 Å². The van der Waals surface area contributed by atoms with Crippen LogP contribution in [0.15, 0.2) is 206 Å². The first-order valence-electron chi connectivity index (χ1n) is 19.5.